The number of benzene rings is 1. The molecular formula is C17H18ClN3O2. The summed E-state index contributed by atoms with van der Waals surface area (Å²) in [4.78, 5) is 4.73. The Kier molecular flexibility index (Phi) is 4.41. The standard InChI is InChI=1S/C17H18ClN3O2/c1-22-14-5-3-11(9-15(14)23-2)17-13(7-8-19)21-10-12(18)4-6-16(21)20-17/h3-6,9-10H,7-8,19H2,1-2H3. The first-order valence-electron chi connectivity index (χ1n) is 7.27. The van der Waals surface area contributed by atoms with Crippen molar-refractivity contribution in [1.82, 2.24) is 9.38 Å². The van der Waals surface area contributed by atoms with Gasteiger partial charge in [0.25, 0.3) is 0 Å². The minimum absolute atomic E-state index is 0.528. The molecule has 1 aromatic carbocycles. The molecule has 0 spiro atoms. The van der Waals surface area contributed by atoms with Crippen LogP contribution < -0.4 is 15.2 Å². The SMILES string of the molecule is COc1ccc(-c2nc3ccc(Cl)cn3c2CCN)cc1OC. The van der Waals surface area contributed by atoms with Gasteiger partial charge in [-0.15, -0.1) is 0 Å². The number of methoxy groups -OCH3 is 2. The van der Waals surface area contributed by atoms with Crippen LogP contribution in [0.5, 0.6) is 11.5 Å². The molecule has 2 N–H and O–H groups in total. The molecule has 0 saturated carbocycles. The second kappa shape index (κ2) is 6.48. The highest BCUT2D eigenvalue weighted by molar-refractivity contribution is 6.30. The molecule has 2 heterocycles. The highest BCUT2D eigenvalue weighted by Crippen LogP contribution is 2.34. The number of nitrogens with two attached hydrogens (primary N) is 1. The molecular weight excluding hydrogens is 314 g/mol. The highest BCUT2D eigenvalue weighted by Gasteiger charge is 2.15. The Labute approximate surface area is 139 Å². The predicted molar refractivity (Wildman–Crippen MR) is 91.5 cm³/mol. The van der Waals surface area contributed by atoms with Crippen LogP contribution in [0.2, 0.25) is 5.02 Å². The fraction of sp³-hybridized carbons (Fsp3) is 0.235. The van der Waals surface area contributed by atoms with E-state index >= 15 is 0 Å². The number of aromatic nitrogens is 2. The van der Waals surface area contributed by atoms with Gasteiger partial charge in [0.05, 0.1) is 30.6 Å². The number of fused-ring (bicyclic) bond motifs is 1. The Hall–Kier alpha value is -2.24. The van der Waals surface area contributed by atoms with E-state index in [0.717, 1.165) is 22.6 Å². The summed E-state index contributed by atoms with van der Waals surface area (Å²) in [5, 5.41) is 0.659. The molecule has 0 aliphatic rings. The maximum atomic E-state index is 6.12. The molecule has 0 saturated heterocycles. The molecule has 0 fully saturated rings. The zero-order valence-electron chi connectivity index (χ0n) is 13.0. The van der Waals surface area contributed by atoms with E-state index < -0.39 is 0 Å². The fourth-order valence-corrected chi connectivity index (χ4v) is 2.82. The first-order valence-corrected chi connectivity index (χ1v) is 7.64. The molecule has 0 atom stereocenters. The first kappa shape index (κ1) is 15.6. The summed E-state index contributed by atoms with van der Waals surface area (Å²) in [6.07, 6.45) is 2.56. The number of imidazole rings is 1. The van der Waals surface area contributed by atoms with Crippen LogP contribution in [-0.2, 0) is 6.42 Å². The topological polar surface area (TPSA) is 61.8 Å². The van der Waals surface area contributed by atoms with Crippen LogP contribution in [0.15, 0.2) is 36.5 Å². The summed E-state index contributed by atoms with van der Waals surface area (Å²) in [6, 6.07) is 9.48. The van der Waals surface area contributed by atoms with E-state index in [4.69, 9.17) is 31.8 Å². The molecule has 0 radical (unpaired) electrons. The zero-order chi connectivity index (χ0) is 16.4. The summed E-state index contributed by atoms with van der Waals surface area (Å²) in [5.74, 6) is 1.35. The van der Waals surface area contributed by atoms with Gasteiger partial charge in [0.15, 0.2) is 11.5 Å². The normalized spacial score (nSPS) is 11.0. The first-order chi connectivity index (χ1) is 11.2. The van der Waals surface area contributed by atoms with Crippen LogP contribution in [0.3, 0.4) is 0 Å². The molecule has 0 aliphatic carbocycles. The van der Waals surface area contributed by atoms with E-state index in [1.807, 2.05) is 40.9 Å². The Bertz CT molecular complexity index is 845. The number of hydrogen-bond acceptors (Lipinski definition) is 4. The van der Waals surface area contributed by atoms with E-state index in [2.05, 4.69) is 0 Å². The van der Waals surface area contributed by atoms with Crippen LogP contribution >= 0.6 is 11.6 Å². The largest absolute Gasteiger partial charge is 0.493 e. The van der Waals surface area contributed by atoms with Crippen molar-refractivity contribution >= 4 is 17.2 Å². The van der Waals surface area contributed by atoms with Gasteiger partial charge in [-0.05, 0) is 36.9 Å². The average molecular weight is 332 g/mol. The number of pyridine rings is 1. The lowest BCUT2D eigenvalue weighted by atomic mass is 10.1. The van der Waals surface area contributed by atoms with Crippen molar-refractivity contribution in [3.63, 3.8) is 0 Å². The lowest BCUT2D eigenvalue weighted by molar-refractivity contribution is 0.355. The third-order valence-corrected chi connectivity index (χ3v) is 3.94. The zero-order valence-corrected chi connectivity index (χ0v) is 13.8. The smallest absolute Gasteiger partial charge is 0.161 e. The van der Waals surface area contributed by atoms with Crippen molar-refractivity contribution in [2.24, 2.45) is 5.73 Å². The number of halogens is 1. The van der Waals surface area contributed by atoms with Crippen molar-refractivity contribution < 1.29 is 9.47 Å². The summed E-state index contributed by atoms with van der Waals surface area (Å²) in [7, 11) is 3.23. The van der Waals surface area contributed by atoms with E-state index in [1.54, 1.807) is 14.2 Å². The lowest BCUT2D eigenvalue weighted by Gasteiger charge is -2.09. The third kappa shape index (κ3) is 2.85. The molecule has 0 unspecified atom stereocenters. The van der Waals surface area contributed by atoms with Crippen LogP contribution in [0.25, 0.3) is 16.9 Å². The molecule has 6 heteroatoms. The molecule has 120 valence electrons. The Morgan fingerprint density at radius 2 is 1.91 bits per heavy atom. The number of nitrogens with zero attached hydrogens (tertiary/aromatic N) is 2. The van der Waals surface area contributed by atoms with E-state index in [-0.39, 0.29) is 0 Å². The lowest BCUT2D eigenvalue weighted by Crippen LogP contribution is -2.06. The van der Waals surface area contributed by atoms with Gasteiger partial charge in [-0.1, -0.05) is 11.6 Å². The van der Waals surface area contributed by atoms with Crippen molar-refractivity contribution in [1.29, 1.82) is 0 Å². The highest BCUT2D eigenvalue weighted by atomic mass is 35.5. The summed E-state index contributed by atoms with van der Waals surface area (Å²) >= 11 is 6.12. The number of ether oxygens (including phenoxy) is 2. The average Bonchev–Trinajstić information content (AvgIpc) is 2.92. The van der Waals surface area contributed by atoms with Gasteiger partial charge in [-0.2, -0.15) is 0 Å². The van der Waals surface area contributed by atoms with E-state index in [9.17, 15) is 0 Å². The minimum atomic E-state index is 0.528. The molecule has 0 aliphatic heterocycles. The number of rotatable bonds is 5. The van der Waals surface area contributed by atoms with Crippen LogP contribution in [-0.4, -0.2) is 30.1 Å². The summed E-state index contributed by atoms with van der Waals surface area (Å²) in [5.41, 5.74) is 9.46. The Balaban J connectivity index is 2.20. The molecule has 0 amide bonds. The molecule has 5 nitrogen and oxygen atoms in total. The Morgan fingerprint density at radius 3 is 2.61 bits per heavy atom. The monoisotopic (exact) mass is 331 g/mol. The molecule has 23 heavy (non-hydrogen) atoms. The molecule has 3 rings (SSSR count). The summed E-state index contributed by atoms with van der Waals surface area (Å²) in [6.45, 7) is 0.528. The van der Waals surface area contributed by atoms with Gasteiger partial charge >= 0.3 is 0 Å². The minimum Gasteiger partial charge on any atom is -0.493 e. The van der Waals surface area contributed by atoms with Crippen LogP contribution in [0.1, 0.15) is 5.69 Å². The van der Waals surface area contributed by atoms with E-state index in [0.29, 0.717) is 29.5 Å². The number of hydrogen-bond donors (Lipinski definition) is 1. The molecule has 2 aromatic heterocycles. The molecule has 3 aromatic rings. The van der Waals surface area contributed by atoms with E-state index in [1.165, 1.54) is 0 Å². The third-order valence-electron chi connectivity index (χ3n) is 3.72. The van der Waals surface area contributed by atoms with Gasteiger partial charge in [0.1, 0.15) is 5.65 Å². The predicted octanol–water partition coefficient (Wildman–Crippen LogP) is 3.17. The second-order valence-electron chi connectivity index (χ2n) is 5.09. The Morgan fingerprint density at radius 1 is 1.13 bits per heavy atom. The van der Waals surface area contributed by atoms with Gasteiger partial charge in [-0.25, -0.2) is 4.98 Å². The van der Waals surface area contributed by atoms with Crippen molar-refractivity contribution in [3.05, 3.63) is 47.2 Å². The van der Waals surface area contributed by atoms with Crippen LogP contribution in [0.4, 0.5) is 0 Å². The van der Waals surface area contributed by atoms with Crippen molar-refractivity contribution in [2.45, 2.75) is 6.42 Å². The molecule has 0 bridgehead atoms. The van der Waals surface area contributed by atoms with Crippen molar-refractivity contribution in [2.75, 3.05) is 20.8 Å². The maximum Gasteiger partial charge on any atom is 0.161 e. The summed E-state index contributed by atoms with van der Waals surface area (Å²) < 4.78 is 12.7. The van der Waals surface area contributed by atoms with Gasteiger partial charge < -0.3 is 19.6 Å². The second-order valence-corrected chi connectivity index (χ2v) is 5.53. The maximum absolute atomic E-state index is 6.12. The van der Waals surface area contributed by atoms with Gasteiger partial charge in [0, 0.05) is 18.2 Å². The van der Waals surface area contributed by atoms with Gasteiger partial charge in [0.2, 0.25) is 0 Å². The fourth-order valence-electron chi connectivity index (χ4n) is 2.66. The van der Waals surface area contributed by atoms with Gasteiger partial charge in [-0.3, -0.25) is 0 Å². The van der Waals surface area contributed by atoms with Crippen molar-refractivity contribution in [3.8, 4) is 22.8 Å². The van der Waals surface area contributed by atoms with Crippen LogP contribution in [0, 0.1) is 0 Å². The quantitative estimate of drug-likeness (QED) is 0.780.